The minimum absolute atomic E-state index is 0. The quantitative estimate of drug-likeness (QED) is 0.439. The van der Waals surface area contributed by atoms with Gasteiger partial charge in [-0.2, -0.15) is 0 Å². The van der Waals surface area contributed by atoms with Crippen molar-refractivity contribution in [1.29, 1.82) is 0 Å². The molecule has 1 aliphatic rings. The van der Waals surface area contributed by atoms with E-state index in [1.807, 2.05) is 0 Å². The second kappa shape index (κ2) is 10.4. The van der Waals surface area contributed by atoms with E-state index < -0.39 is 15.8 Å². The van der Waals surface area contributed by atoms with E-state index in [1.165, 1.54) is 23.1 Å². The van der Waals surface area contributed by atoms with Crippen molar-refractivity contribution in [2.75, 3.05) is 26.2 Å². The fraction of sp³-hybridized carbons (Fsp3) is 0.381. The number of quaternary nitrogens is 1. The van der Waals surface area contributed by atoms with E-state index in [0.29, 0.717) is 18.5 Å². The molecule has 0 bridgehead atoms. The Hall–Kier alpha value is -1.78. The summed E-state index contributed by atoms with van der Waals surface area (Å²) in [7, 11) is -3.72. The van der Waals surface area contributed by atoms with Gasteiger partial charge < -0.3 is 21.8 Å². The molecule has 4 rings (SSSR count). The van der Waals surface area contributed by atoms with E-state index in [1.54, 1.807) is 6.07 Å². The molecule has 0 atom stereocenters. The number of hydrogen-bond acceptors (Lipinski definition) is 4. The Kier molecular flexibility index (Phi) is 8.11. The molecule has 0 aliphatic carbocycles. The second-order valence-electron chi connectivity index (χ2n) is 7.81. The summed E-state index contributed by atoms with van der Waals surface area (Å²) in [5.74, 6) is -0.719. The molecule has 1 fully saturated rings. The predicted octanol–water partition coefficient (Wildman–Crippen LogP) is -0.106. The Morgan fingerprint density at radius 1 is 1.16 bits per heavy atom. The highest BCUT2D eigenvalue weighted by Gasteiger charge is 2.27. The van der Waals surface area contributed by atoms with E-state index in [0.717, 1.165) is 55.7 Å². The fourth-order valence-corrected chi connectivity index (χ4v) is 5.39. The van der Waals surface area contributed by atoms with Crippen molar-refractivity contribution in [2.45, 2.75) is 30.1 Å². The first-order valence-electron chi connectivity index (χ1n) is 10.2. The summed E-state index contributed by atoms with van der Waals surface area (Å²) in [6.45, 7) is 3.02. The van der Waals surface area contributed by atoms with Crippen molar-refractivity contribution in [3.05, 3.63) is 58.7 Å². The van der Waals surface area contributed by atoms with Gasteiger partial charge >= 0.3 is 0 Å². The van der Waals surface area contributed by atoms with E-state index in [2.05, 4.69) is 9.88 Å². The van der Waals surface area contributed by atoms with Crippen LogP contribution in [0.3, 0.4) is 0 Å². The standard InChI is InChI=1S/C21H22ClF2N3O3S.ClH/c22-18-13-16(3-5-19(18)24)31(28,29)25-8-1-9-27-10-6-14(7-11-27)21-17-4-2-15(23)12-20(17)30-26-21;/h2-5,12-14,25H,1,6-11H2;1H. The molecule has 2 N–H and O–H groups in total. The van der Waals surface area contributed by atoms with Crippen LogP contribution in [0.5, 0.6) is 0 Å². The van der Waals surface area contributed by atoms with Crippen molar-refractivity contribution in [1.82, 2.24) is 9.88 Å². The predicted molar refractivity (Wildman–Crippen MR) is 113 cm³/mol. The summed E-state index contributed by atoms with van der Waals surface area (Å²) in [5, 5.41) is 4.81. The van der Waals surface area contributed by atoms with Gasteiger partial charge in [0, 0.05) is 43.2 Å². The zero-order valence-corrected chi connectivity index (χ0v) is 19.4. The van der Waals surface area contributed by atoms with Gasteiger partial charge in [0.2, 0.25) is 10.0 Å². The summed E-state index contributed by atoms with van der Waals surface area (Å²) < 4.78 is 59.0. The highest BCUT2D eigenvalue weighted by Crippen LogP contribution is 2.30. The van der Waals surface area contributed by atoms with Gasteiger partial charge in [-0.15, -0.1) is 0 Å². The van der Waals surface area contributed by atoms with Crippen molar-refractivity contribution < 1.29 is 39.0 Å². The number of fused-ring (bicyclic) bond motifs is 1. The van der Waals surface area contributed by atoms with Crippen LogP contribution < -0.4 is 22.0 Å². The van der Waals surface area contributed by atoms with E-state index in [-0.39, 0.29) is 34.1 Å². The Labute approximate surface area is 196 Å². The van der Waals surface area contributed by atoms with Crippen LogP contribution in [0.15, 0.2) is 45.8 Å². The molecule has 1 aliphatic heterocycles. The Morgan fingerprint density at radius 3 is 2.62 bits per heavy atom. The van der Waals surface area contributed by atoms with E-state index >= 15 is 0 Å². The first-order chi connectivity index (χ1) is 14.8. The second-order valence-corrected chi connectivity index (χ2v) is 9.98. The third-order valence-electron chi connectivity index (χ3n) is 5.74. The largest absolute Gasteiger partial charge is 1.00 e. The monoisotopic (exact) mass is 505 g/mol. The molecule has 0 amide bonds. The molecule has 0 spiro atoms. The lowest BCUT2D eigenvalue weighted by molar-refractivity contribution is -0.905. The van der Waals surface area contributed by atoms with Gasteiger partial charge in [-0.05, 0) is 30.3 Å². The number of sulfonamides is 1. The fourth-order valence-electron chi connectivity index (χ4n) is 4.05. The summed E-state index contributed by atoms with van der Waals surface area (Å²) >= 11 is 5.67. The van der Waals surface area contributed by atoms with Crippen LogP contribution in [-0.4, -0.2) is 39.8 Å². The third kappa shape index (κ3) is 5.58. The first-order valence-corrected chi connectivity index (χ1v) is 12.0. The Balaban J connectivity index is 0.00000289. The summed E-state index contributed by atoms with van der Waals surface area (Å²) in [4.78, 5) is 1.35. The topological polar surface area (TPSA) is 76.6 Å². The van der Waals surface area contributed by atoms with Gasteiger partial charge in [0.05, 0.1) is 35.2 Å². The number of halogens is 4. The van der Waals surface area contributed by atoms with Crippen molar-refractivity contribution in [3.63, 3.8) is 0 Å². The smallest absolute Gasteiger partial charge is 0.240 e. The average Bonchev–Trinajstić information content (AvgIpc) is 3.16. The van der Waals surface area contributed by atoms with E-state index in [9.17, 15) is 17.2 Å². The number of rotatable bonds is 7. The molecule has 0 unspecified atom stereocenters. The molecule has 174 valence electrons. The number of piperidine rings is 1. The molecule has 11 heteroatoms. The van der Waals surface area contributed by atoms with Gasteiger partial charge in [-0.25, -0.2) is 21.9 Å². The van der Waals surface area contributed by atoms with E-state index in [4.69, 9.17) is 16.1 Å². The SMILES string of the molecule is O=S(=O)(NCCC[NH+]1CCC(c2noc3cc(F)ccc23)CC1)c1ccc(F)c(Cl)c1.[Cl-]. The summed E-state index contributed by atoms with van der Waals surface area (Å²) in [6.07, 6.45) is 2.56. The van der Waals surface area contributed by atoms with Gasteiger partial charge in [-0.3, -0.25) is 0 Å². The molecular formula is C21H23Cl2F2N3O3S. The van der Waals surface area contributed by atoms with Crippen LogP contribution in [0, 0.1) is 11.6 Å². The minimum atomic E-state index is -3.72. The molecule has 3 aromatic rings. The Bertz CT molecular complexity index is 1180. The molecule has 0 saturated carbocycles. The molecule has 1 saturated heterocycles. The lowest BCUT2D eigenvalue weighted by atomic mass is 9.91. The Morgan fingerprint density at radius 2 is 1.91 bits per heavy atom. The van der Waals surface area contributed by atoms with Crippen LogP contribution in [-0.2, 0) is 10.0 Å². The number of nitrogens with one attached hydrogen (secondary N) is 2. The van der Waals surface area contributed by atoms with Gasteiger partial charge in [0.15, 0.2) is 5.58 Å². The third-order valence-corrected chi connectivity index (χ3v) is 7.49. The number of nitrogens with zero attached hydrogens (tertiary/aromatic N) is 1. The zero-order valence-electron chi connectivity index (χ0n) is 17.1. The lowest BCUT2D eigenvalue weighted by Crippen LogP contribution is -3.13. The van der Waals surface area contributed by atoms with Gasteiger partial charge in [-0.1, -0.05) is 16.8 Å². The maximum absolute atomic E-state index is 13.3. The summed E-state index contributed by atoms with van der Waals surface area (Å²) in [5.41, 5.74) is 1.36. The van der Waals surface area contributed by atoms with Crippen LogP contribution in [0.25, 0.3) is 11.0 Å². The maximum atomic E-state index is 13.3. The van der Waals surface area contributed by atoms with Gasteiger partial charge in [0.25, 0.3) is 0 Å². The van der Waals surface area contributed by atoms with Crippen LogP contribution in [0.2, 0.25) is 5.02 Å². The molecule has 0 radical (unpaired) electrons. The van der Waals surface area contributed by atoms with Crippen molar-refractivity contribution in [3.8, 4) is 0 Å². The number of hydrogen-bond donors (Lipinski definition) is 2. The number of likely N-dealkylation sites (tertiary alicyclic amines) is 1. The number of aromatic nitrogens is 1. The average molecular weight is 506 g/mol. The first kappa shape index (κ1) is 24.9. The molecule has 2 aromatic carbocycles. The van der Waals surface area contributed by atoms with Crippen LogP contribution >= 0.6 is 11.6 Å². The molecule has 1 aromatic heterocycles. The van der Waals surface area contributed by atoms with Crippen LogP contribution in [0.1, 0.15) is 30.9 Å². The molecule has 6 nitrogen and oxygen atoms in total. The lowest BCUT2D eigenvalue weighted by Gasteiger charge is -2.28. The summed E-state index contributed by atoms with van der Waals surface area (Å²) in [6, 6.07) is 7.84. The molecule has 2 heterocycles. The molecular weight excluding hydrogens is 483 g/mol. The highest BCUT2D eigenvalue weighted by atomic mass is 35.5. The van der Waals surface area contributed by atoms with Crippen molar-refractivity contribution >= 4 is 32.6 Å². The molecule has 32 heavy (non-hydrogen) atoms. The maximum Gasteiger partial charge on any atom is 0.240 e. The normalized spacial score (nSPS) is 19.1. The van der Waals surface area contributed by atoms with Crippen molar-refractivity contribution in [2.24, 2.45) is 0 Å². The minimum Gasteiger partial charge on any atom is -1.00 e. The zero-order chi connectivity index (χ0) is 22.0. The van der Waals surface area contributed by atoms with Gasteiger partial charge in [0.1, 0.15) is 11.6 Å². The number of benzene rings is 2. The highest BCUT2D eigenvalue weighted by molar-refractivity contribution is 7.89. The van der Waals surface area contributed by atoms with Crippen LogP contribution in [0.4, 0.5) is 8.78 Å².